The van der Waals surface area contributed by atoms with Crippen molar-refractivity contribution in [3.05, 3.63) is 93.6 Å². The molecule has 0 atom stereocenters. The average Bonchev–Trinajstić information content (AvgIpc) is 2.80. The molecule has 0 unspecified atom stereocenters. The van der Waals surface area contributed by atoms with Gasteiger partial charge in [0.25, 0.3) is 5.91 Å². The lowest BCUT2D eigenvalue weighted by Crippen LogP contribution is -2.45. The second-order valence-corrected chi connectivity index (χ2v) is 8.21. The second-order valence-electron chi connectivity index (χ2n) is 8.21. The molecule has 1 fully saturated rings. The third kappa shape index (κ3) is 3.35. The van der Waals surface area contributed by atoms with Crippen molar-refractivity contribution in [1.29, 1.82) is 0 Å². The van der Waals surface area contributed by atoms with Crippen molar-refractivity contribution in [2.45, 2.75) is 18.4 Å². The van der Waals surface area contributed by atoms with Crippen LogP contribution in [0.3, 0.4) is 0 Å². The van der Waals surface area contributed by atoms with Gasteiger partial charge in [-0.15, -0.1) is 0 Å². The van der Waals surface area contributed by atoms with E-state index in [0.29, 0.717) is 18.4 Å². The molecule has 0 radical (unpaired) electrons. The number of halogens is 2. The topological polar surface area (TPSA) is 73.4 Å². The van der Waals surface area contributed by atoms with E-state index >= 15 is 0 Å². The van der Waals surface area contributed by atoms with Crippen LogP contribution in [0.15, 0.2) is 65.5 Å². The number of benzene rings is 3. The Balaban J connectivity index is 1.52. The maximum absolute atomic E-state index is 14.4. The number of hydrogen-bond acceptors (Lipinski definition) is 3. The predicted molar refractivity (Wildman–Crippen MR) is 117 cm³/mol. The molecule has 1 saturated heterocycles. The van der Waals surface area contributed by atoms with E-state index in [2.05, 4.69) is 4.98 Å². The highest BCUT2D eigenvalue weighted by atomic mass is 19.1. The monoisotopic (exact) mass is 434 g/mol. The molecule has 0 bridgehead atoms. The molecule has 32 heavy (non-hydrogen) atoms. The Hall–Kier alpha value is -3.58. The largest absolute Gasteiger partial charge is 0.385 e. The Morgan fingerprint density at radius 2 is 1.62 bits per heavy atom. The number of aromatic nitrogens is 1. The number of amides is 1. The molecule has 0 aliphatic carbocycles. The molecule has 162 valence electrons. The summed E-state index contributed by atoms with van der Waals surface area (Å²) < 4.78 is 28.0. The Kier molecular flexibility index (Phi) is 4.78. The van der Waals surface area contributed by atoms with Crippen molar-refractivity contribution in [3.63, 3.8) is 0 Å². The number of nitrogens with one attached hydrogen (secondary N) is 1. The van der Waals surface area contributed by atoms with Crippen LogP contribution in [0.25, 0.3) is 21.8 Å². The van der Waals surface area contributed by atoms with Crippen LogP contribution in [0.1, 0.15) is 28.8 Å². The van der Waals surface area contributed by atoms with Gasteiger partial charge >= 0.3 is 0 Å². The van der Waals surface area contributed by atoms with Crippen molar-refractivity contribution in [1.82, 2.24) is 9.88 Å². The smallest absolute Gasteiger partial charge is 0.256 e. The fourth-order valence-corrected chi connectivity index (χ4v) is 4.47. The third-order valence-electron chi connectivity index (χ3n) is 6.25. The summed E-state index contributed by atoms with van der Waals surface area (Å²) in [6.45, 7) is 0.566. The number of H-pyrrole nitrogens is 1. The number of carbonyl (C=O) groups excluding carboxylic acids is 1. The number of rotatable bonds is 2. The van der Waals surface area contributed by atoms with Crippen molar-refractivity contribution >= 4 is 27.7 Å². The molecule has 5 rings (SSSR count). The minimum Gasteiger partial charge on any atom is -0.385 e. The van der Waals surface area contributed by atoms with Crippen LogP contribution in [0.5, 0.6) is 0 Å². The predicted octanol–water partition coefficient (Wildman–Crippen LogP) is 4.08. The van der Waals surface area contributed by atoms with E-state index in [-0.39, 0.29) is 34.9 Å². The highest BCUT2D eigenvalue weighted by molar-refractivity contribution is 6.07. The first-order valence-corrected chi connectivity index (χ1v) is 10.4. The maximum Gasteiger partial charge on any atom is 0.256 e. The molecule has 1 aromatic heterocycles. The standard InChI is InChI=1S/C25H20F2N2O3/c26-16-6-7-21-18(12-16)23(30)19-13-17(27)14-20(22(19)28-21)24(31)29-10-8-25(32,9-11-29)15-4-2-1-3-5-15/h1-7,12-14,32H,8-11H2,(H,28,30). The van der Waals surface area contributed by atoms with Gasteiger partial charge in [-0.25, -0.2) is 8.78 Å². The first kappa shape index (κ1) is 20.3. The Morgan fingerprint density at radius 3 is 2.34 bits per heavy atom. The maximum atomic E-state index is 14.4. The number of likely N-dealkylation sites (tertiary alicyclic amines) is 1. The Bertz CT molecular complexity index is 1410. The summed E-state index contributed by atoms with van der Waals surface area (Å²) in [6, 6.07) is 15.2. The normalized spacial score (nSPS) is 15.9. The number of pyridine rings is 1. The number of nitrogens with zero attached hydrogens (tertiary/aromatic N) is 1. The Labute approximate surface area is 181 Å². The number of aromatic amines is 1. The van der Waals surface area contributed by atoms with Gasteiger partial charge in [-0.3, -0.25) is 9.59 Å². The number of aliphatic hydroxyl groups is 1. The van der Waals surface area contributed by atoms with Gasteiger partial charge in [-0.1, -0.05) is 30.3 Å². The van der Waals surface area contributed by atoms with Crippen LogP contribution in [-0.2, 0) is 5.60 Å². The first-order chi connectivity index (χ1) is 15.4. The summed E-state index contributed by atoms with van der Waals surface area (Å²) in [6.07, 6.45) is 0.684. The fraction of sp³-hybridized carbons (Fsp3) is 0.200. The van der Waals surface area contributed by atoms with Gasteiger partial charge in [0.05, 0.1) is 16.7 Å². The molecular formula is C25H20F2N2O3. The van der Waals surface area contributed by atoms with Crippen molar-refractivity contribution in [2.24, 2.45) is 0 Å². The van der Waals surface area contributed by atoms with E-state index in [1.54, 1.807) is 4.90 Å². The molecule has 1 aliphatic rings. The van der Waals surface area contributed by atoms with Crippen LogP contribution in [0, 0.1) is 11.6 Å². The molecule has 4 aromatic rings. The van der Waals surface area contributed by atoms with E-state index < -0.39 is 28.6 Å². The Morgan fingerprint density at radius 1 is 0.938 bits per heavy atom. The molecule has 5 nitrogen and oxygen atoms in total. The SMILES string of the molecule is O=C(c1cc(F)cc2c(=O)c3cc(F)ccc3[nH]c12)N1CCC(O)(c2ccccc2)CC1. The van der Waals surface area contributed by atoms with Gasteiger partial charge in [0.15, 0.2) is 5.43 Å². The van der Waals surface area contributed by atoms with Crippen LogP contribution in [-0.4, -0.2) is 34.0 Å². The van der Waals surface area contributed by atoms with E-state index in [1.165, 1.54) is 12.1 Å². The van der Waals surface area contributed by atoms with E-state index in [4.69, 9.17) is 0 Å². The average molecular weight is 434 g/mol. The second kappa shape index (κ2) is 7.53. The van der Waals surface area contributed by atoms with E-state index in [0.717, 1.165) is 23.8 Å². The van der Waals surface area contributed by atoms with Gasteiger partial charge in [0, 0.05) is 29.4 Å². The van der Waals surface area contributed by atoms with Gasteiger partial charge in [0.2, 0.25) is 0 Å². The number of hydrogen-bond donors (Lipinski definition) is 2. The first-order valence-electron chi connectivity index (χ1n) is 10.4. The minimum absolute atomic E-state index is 0.00995. The van der Waals surface area contributed by atoms with E-state index in [1.807, 2.05) is 30.3 Å². The molecule has 0 saturated carbocycles. The van der Waals surface area contributed by atoms with Crippen LogP contribution in [0.2, 0.25) is 0 Å². The van der Waals surface area contributed by atoms with Crippen LogP contribution < -0.4 is 5.43 Å². The molecular weight excluding hydrogens is 414 g/mol. The minimum atomic E-state index is -1.03. The zero-order chi connectivity index (χ0) is 22.5. The van der Waals surface area contributed by atoms with Crippen molar-refractivity contribution < 1.29 is 18.7 Å². The van der Waals surface area contributed by atoms with Crippen LogP contribution >= 0.6 is 0 Å². The lowest BCUT2D eigenvalue weighted by Gasteiger charge is -2.38. The summed E-state index contributed by atoms with van der Waals surface area (Å²) in [7, 11) is 0. The summed E-state index contributed by atoms with van der Waals surface area (Å²) in [5, 5.41) is 11.1. The third-order valence-corrected chi connectivity index (χ3v) is 6.25. The number of piperidine rings is 1. The highest BCUT2D eigenvalue weighted by Crippen LogP contribution is 2.33. The summed E-state index contributed by atoms with van der Waals surface area (Å²) in [4.78, 5) is 30.7. The molecule has 2 N–H and O–H groups in total. The lowest BCUT2D eigenvalue weighted by molar-refractivity contribution is -0.0211. The number of fused-ring (bicyclic) bond motifs is 2. The molecule has 7 heteroatoms. The number of carbonyl (C=O) groups is 1. The highest BCUT2D eigenvalue weighted by Gasteiger charge is 2.36. The van der Waals surface area contributed by atoms with Crippen molar-refractivity contribution in [3.8, 4) is 0 Å². The van der Waals surface area contributed by atoms with Crippen molar-refractivity contribution in [2.75, 3.05) is 13.1 Å². The van der Waals surface area contributed by atoms with Gasteiger partial charge in [-0.05, 0) is 48.7 Å². The molecule has 2 heterocycles. The fourth-order valence-electron chi connectivity index (χ4n) is 4.47. The summed E-state index contributed by atoms with van der Waals surface area (Å²) in [5.74, 6) is -1.73. The molecule has 1 amide bonds. The summed E-state index contributed by atoms with van der Waals surface area (Å²) in [5.41, 5.74) is -0.166. The molecule has 3 aromatic carbocycles. The molecule has 1 aliphatic heterocycles. The van der Waals surface area contributed by atoms with E-state index in [9.17, 15) is 23.5 Å². The zero-order valence-electron chi connectivity index (χ0n) is 17.1. The van der Waals surface area contributed by atoms with Gasteiger partial charge in [-0.2, -0.15) is 0 Å². The lowest BCUT2D eigenvalue weighted by atomic mass is 9.84. The molecule has 0 spiro atoms. The van der Waals surface area contributed by atoms with Gasteiger partial charge in [0.1, 0.15) is 11.6 Å². The summed E-state index contributed by atoms with van der Waals surface area (Å²) >= 11 is 0. The zero-order valence-corrected chi connectivity index (χ0v) is 17.1. The quantitative estimate of drug-likeness (QED) is 0.467. The van der Waals surface area contributed by atoms with Crippen LogP contribution in [0.4, 0.5) is 8.78 Å². The van der Waals surface area contributed by atoms with Gasteiger partial charge < -0.3 is 15.0 Å².